The molecule has 0 bridgehead atoms. The quantitative estimate of drug-likeness (QED) is 0.287. The van der Waals surface area contributed by atoms with Crippen LogP contribution in [0.5, 0.6) is 5.75 Å². The normalized spacial score (nSPS) is 12.0. The monoisotopic (exact) mass is 564 g/mol. The number of ether oxygens (including phenoxy) is 1. The maximum Gasteiger partial charge on any atom is 0.275 e. The zero-order valence-electron chi connectivity index (χ0n) is 21.7. The average Bonchev–Trinajstić information content (AvgIpc) is 3.26. The van der Waals surface area contributed by atoms with Gasteiger partial charge in [0.2, 0.25) is 5.91 Å². The van der Waals surface area contributed by atoms with Crippen LogP contribution < -0.4 is 10.1 Å². The molecule has 206 valence electrons. The lowest BCUT2D eigenvalue weighted by atomic mass is 10.0. The molecular weight excluding hydrogens is 539 g/mol. The number of benzene rings is 3. The van der Waals surface area contributed by atoms with Gasteiger partial charge in [-0.2, -0.15) is 5.10 Å². The zero-order valence-corrected chi connectivity index (χ0v) is 22.4. The van der Waals surface area contributed by atoms with Crippen molar-refractivity contribution in [3.8, 4) is 17.0 Å². The molecule has 3 aromatic carbocycles. The second kappa shape index (κ2) is 11.1. The summed E-state index contributed by atoms with van der Waals surface area (Å²) in [6.07, 6.45) is -1.71. The number of nitrogens with one attached hydrogen (secondary N) is 1. The van der Waals surface area contributed by atoms with Gasteiger partial charge in [0.25, 0.3) is 5.91 Å². The van der Waals surface area contributed by atoms with Crippen molar-refractivity contribution in [1.29, 1.82) is 0 Å². The standard InChI is InChI=1S/C29H26ClFN4O5/c1-16-10-24-20(12-22(16)30)27-21(15-40-24)26(33-34(27)2)28(37)35(13-18-6-3-4-9-23(18)31)14-25(36)32-19-8-5-7-17(11-19)29(38)39/h3-12,29,38-39H,13-15H2,1-2H3,(H,32,36). The molecule has 11 heteroatoms. The van der Waals surface area contributed by atoms with Crippen molar-refractivity contribution in [1.82, 2.24) is 14.7 Å². The predicted octanol–water partition coefficient (Wildman–Crippen LogP) is 4.34. The Morgan fingerprint density at radius 2 is 1.95 bits per heavy atom. The van der Waals surface area contributed by atoms with Crippen LogP contribution in [-0.2, 0) is 25.0 Å². The van der Waals surface area contributed by atoms with Gasteiger partial charge < -0.3 is 25.2 Å². The van der Waals surface area contributed by atoms with Gasteiger partial charge in [0, 0.05) is 46.6 Å². The van der Waals surface area contributed by atoms with Crippen LogP contribution in [0.1, 0.15) is 39.0 Å². The lowest BCUT2D eigenvalue weighted by Gasteiger charge is -2.23. The van der Waals surface area contributed by atoms with Crippen LogP contribution in [0.3, 0.4) is 0 Å². The van der Waals surface area contributed by atoms with Gasteiger partial charge in [-0.3, -0.25) is 14.3 Å². The van der Waals surface area contributed by atoms with Gasteiger partial charge in [-0.25, -0.2) is 4.39 Å². The lowest BCUT2D eigenvalue weighted by Crippen LogP contribution is -2.38. The molecule has 40 heavy (non-hydrogen) atoms. The molecule has 1 aromatic heterocycles. The third-order valence-electron chi connectivity index (χ3n) is 6.65. The molecule has 1 aliphatic heterocycles. The van der Waals surface area contributed by atoms with E-state index in [1.54, 1.807) is 36.0 Å². The summed E-state index contributed by atoms with van der Waals surface area (Å²) < 4.78 is 22.1. The number of carbonyl (C=O) groups excluding carboxylic acids is 2. The Hall–Kier alpha value is -4.25. The summed E-state index contributed by atoms with van der Waals surface area (Å²) in [5.41, 5.74) is 3.54. The fraction of sp³-hybridized carbons (Fsp3) is 0.207. The van der Waals surface area contributed by atoms with Crippen LogP contribution in [0.2, 0.25) is 5.02 Å². The highest BCUT2D eigenvalue weighted by molar-refractivity contribution is 6.31. The Bertz CT molecular complexity index is 1620. The Morgan fingerprint density at radius 1 is 1.18 bits per heavy atom. The molecule has 2 amide bonds. The van der Waals surface area contributed by atoms with Crippen molar-refractivity contribution in [2.75, 3.05) is 11.9 Å². The van der Waals surface area contributed by atoms with Crippen molar-refractivity contribution in [3.05, 3.63) is 99.5 Å². The summed E-state index contributed by atoms with van der Waals surface area (Å²) in [6.45, 7) is 1.33. The third kappa shape index (κ3) is 5.42. The maximum atomic E-state index is 14.6. The third-order valence-corrected chi connectivity index (χ3v) is 7.05. The van der Waals surface area contributed by atoms with E-state index >= 15 is 0 Å². The minimum Gasteiger partial charge on any atom is -0.488 e. The fourth-order valence-corrected chi connectivity index (χ4v) is 4.82. The van der Waals surface area contributed by atoms with Crippen molar-refractivity contribution >= 4 is 29.1 Å². The van der Waals surface area contributed by atoms with E-state index in [1.807, 2.05) is 13.0 Å². The summed E-state index contributed by atoms with van der Waals surface area (Å²) in [5, 5.41) is 26.5. The van der Waals surface area contributed by atoms with Gasteiger partial charge in [0.1, 0.15) is 24.7 Å². The van der Waals surface area contributed by atoms with E-state index in [2.05, 4.69) is 10.4 Å². The number of halogens is 2. The molecule has 0 spiro atoms. The number of fused-ring (bicyclic) bond motifs is 3. The highest BCUT2D eigenvalue weighted by atomic mass is 35.5. The number of carbonyl (C=O) groups is 2. The molecule has 4 aromatic rings. The van der Waals surface area contributed by atoms with Gasteiger partial charge in [-0.1, -0.05) is 41.9 Å². The zero-order chi connectivity index (χ0) is 28.6. The number of rotatable bonds is 7. The number of nitrogens with zero attached hydrogens (tertiary/aromatic N) is 3. The van der Waals surface area contributed by atoms with Crippen molar-refractivity contribution in [3.63, 3.8) is 0 Å². The van der Waals surface area contributed by atoms with Gasteiger partial charge in [0.15, 0.2) is 12.0 Å². The molecule has 0 unspecified atom stereocenters. The number of aryl methyl sites for hydroxylation is 2. The molecule has 0 atom stereocenters. The van der Waals surface area contributed by atoms with E-state index in [1.165, 1.54) is 35.2 Å². The van der Waals surface area contributed by atoms with Crippen LogP contribution in [0.25, 0.3) is 11.3 Å². The van der Waals surface area contributed by atoms with E-state index in [0.717, 1.165) is 5.56 Å². The van der Waals surface area contributed by atoms with Gasteiger partial charge in [-0.15, -0.1) is 0 Å². The number of hydrogen-bond donors (Lipinski definition) is 3. The second-order valence-corrected chi connectivity index (χ2v) is 9.89. The molecule has 9 nitrogen and oxygen atoms in total. The first-order valence-electron chi connectivity index (χ1n) is 12.4. The lowest BCUT2D eigenvalue weighted by molar-refractivity contribution is -0.117. The van der Waals surface area contributed by atoms with Crippen LogP contribution >= 0.6 is 11.6 Å². The van der Waals surface area contributed by atoms with Crippen LogP contribution in [0.15, 0.2) is 60.7 Å². The Labute approximate surface area is 234 Å². The first-order valence-corrected chi connectivity index (χ1v) is 12.8. The van der Waals surface area contributed by atoms with Crippen LogP contribution in [-0.4, -0.2) is 43.3 Å². The Morgan fingerprint density at radius 3 is 2.70 bits per heavy atom. The van der Waals surface area contributed by atoms with Gasteiger partial charge >= 0.3 is 0 Å². The SMILES string of the molecule is Cc1cc2c(cc1Cl)-c1c(c(C(=O)N(CC(=O)Nc3cccc(C(O)O)c3)Cc3ccccc3F)nn1C)CO2. The summed E-state index contributed by atoms with van der Waals surface area (Å²) in [6, 6.07) is 15.6. The molecule has 3 N–H and O–H groups in total. The van der Waals surface area contributed by atoms with Gasteiger partial charge in [-0.05, 0) is 42.8 Å². The molecule has 1 aliphatic rings. The summed E-state index contributed by atoms with van der Waals surface area (Å²) in [7, 11) is 1.70. The molecule has 5 rings (SSSR count). The summed E-state index contributed by atoms with van der Waals surface area (Å²) in [5.74, 6) is -1.05. The summed E-state index contributed by atoms with van der Waals surface area (Å²) >= 11 is 6.37. The minimum absolute atomic E-state index is 0.0777. The van der Waals surface area contributed by atoms with E-state index in [0.29, 0.717) is 33.3 Å². The Balaban J connectivity index is 1.47. The van der Waals surface area contributed by atoms with E-state index < -0.39 is 30.5 Å². The predicted molar refractivity (Wildman–Crippen MR) is 146 cm³/mol. The number of aliphatic hydroxyl groups excluding tert-OH is 1. The first-order chi connectivity index (χ1) is 19.1. The molecule has 0 fully saturated rings. The van der Waals surface area contributed by atoms with Gasteiger partial charge in [0.05, 0.1) is 5.69 Å². The highest BCUT2D eigenvalue weighted by Crippen LogP contribution is 2.41. The number of amides is 2. The maximum absolute atomic E-state index is 14.6. The van der Waals surface area contributed by atoms with Crippen molar-refractivity contribution in [2.45, 2.75) is 26.4 Å². The van der Waals surface area contributed by atoms with E-state index in [-0.39, 0.29) is 30.0 Å². The topological polar surface area (TPSA) is 117 Å². The Kier molecular flexibility index (Phi) is 7.57. The molecular formula is C29H26ClFN4O5. The number of aromatic nitrogens is 2. The van der Waals surface area contributed by atoms with Crippen molar-refractivity contribution < 1.29 is 28.9 Å². The fourth-order valence-electron chi connectivity index (χ4n) is 4.66. The van der Waals surface area contributed by atoms with Crippen LogP contribution in [0, 0.1) is 12.7 Å². The molecule has 2 heterocycles. The number of anilines is 1. The molecule has 0 saturated carbocycles. The number of aliphatic hydroxyl groups is 2. The number of hydrogen-bond acceptors (Lipinski definition) is 6. The molecule has 0 radical (unpaired) electrons. The van der Waals surface area contributed by atoms with E-state index in [9.17, 15) is 24.2 Å². The highest BCUT2D eigenvalue weighted by Gasteiger charge is 2.32. The molecule has 0 aliphatic carbocycles. The minimum atomic E-state index is -1.71. The largest absolute Gasteiger partial charge is 0.488 e. The average molecular weight is 565 g/mol. The van der Waals surface area contributed by atoms with E-state index in [4.69, 9.17) is 16.3 Å². The summed E-state index contributed by atoms with van der Waals surface area (Å²) in [4.78, 5) is 28.2. The first kappa shape index (κ1) is 27.3. The van der Waals surface area contributed by atoms with Crippen LogP contribution in [0.4, 0.5) is 10.1 Å². The smallest absolute Gasteiger partial charge is 0.275 e. The van der Waals surface area contributed by atoms with Crippen molar-refractivity contribution in [2.24, 2.45) is 7.05 Å². The second-order valence-electron chi connectivity index (χ2n) is 9.49. The molecule has 0 saturated heterocycles.